The van der Waals surface area contributed by atoms with Crippen LogP contribution in [0, 0.1) is 6.92 Å². The topological polar surface area (TPSA) is 72.6 Å². The van der Waals surface area contributed by atoms with Crippen LogP contribution in [-0.4, -0.2) is 22.8 Å². The summed E-state index contributed by atoms with van der Waals surface area (Å²) in [6.07, 6.45) is 0.528. The van der Waals surface area contributed by atoms with Gasteiger partial charge in [-0.3, -0.25) is 0 Å². The van der Waals surface area contributed by atoms with E-state index < -0.39 is 5.97 Å². The molecule has 20 heavy (non-hydrogen) atoms. The summed E-state index contributed by atoms with van der Waals surface area (Å²) in [7, 11) is 0. The van der Waals surface area contributed by atoms with Gasteiger partial charge in [-0.1, -0.05) is 23.7 Å². The third kappa shape index (κ3) is 2.52. The Morgan fingerprint density at radius 1 is 1.40 bits per heavy atom. The van der Waals surface area contributed by atoms with Crippen molar-refractivity contribution in [2.45, 2.75) is 27.2 Å². The first-order chi connectivity index (χ1) is 9.58. The lowest BCUT2D eigenvalue weighted by atomic mass is 10.0. The van der Waals surface area contributed by atoms with E-state index in [0.717, 1.165) is 11.1 Å². The van der Waals surface area contributed by atoms with Gasteiger partial charge in [0, 0.05) is 11.1 Å². The molecule has 0 atom stereocenters. The molecule has 0 fully saturated rings. The van der Waals surface area contributed by atoms with E-state index in [1.54, 1.807) is 0 Å². The Morgan fingerprint density at radius 3 is 2.75 bits per heavy atom. The summed E-state index contributed by atoms with van der Waals surface area (Å²) < 4.78 is 10.6. The van der Waals surface area contributed by atoms with Crippen LogP contribution in [-0.2, 0) is 6.42 Å². The van der Waals surface area contributed by atoms with Gasteiger partial charge < -0.3 is 14.4 Å². The van der Waals surface area contributed by atoms with Crippen LogP contribution in [0.3, 0.4) is 0 Å². The number of benzene rings is 1. The van der Waals surface area contributed by atoms with Crippen LogP contribution in [0.1, 0.15) is 35.5 Å². The molecule has 5 heteroatoms. The highest BCUT2D eigenvalue weighted by atomic mass is 16.5. The minimum Gasteiger partial charge on any atom is -0.493 e. The highest BCUT2D eigenvalue weighted by Crippen LogP contribution is 2.34. The third-order valence-corrected chi connectivity index (χ3v) is 3.03. The Hall–Kier alpha value is -2.30. The predicted molar refractivity (Wildman–Crippen MR) is 74.2 cm³/mol. The fourth-order valence-electron chi connectivity index (χ4n) is 2.13. The number of carbonyl (C=O) groups is 1. The number of aryl methyl sites for hydroxylation is 1. The molecule has 1 N–H and O–H groups in total. The summed E-state index contributed by atoms with van der Waals surface area (Å²) in [5.74, 6) is -0.532. The SMILES string of the molecule is CCOc1ccc(C)cc1-c1noc(C(=O)O)c1CC. The molecule has 1 aromatic heterocycles. The fraction of sp³-hybridized carbons (Fsp3) is 0.333. The maximum absolute atomic E-state index is 11.1. The van der Waals surface area contributed by atoms with Crippen LogP contribution in [0.4, 0.5) is 0 Å². The molecule has 0 aliphatic carbocycles. The standard InChI is InChI=1S/C15H17NO4/c1-4-10-13(16-20-14(10)15(17)18)11-8-9(3)6-7-12(11)19-5-2/h6-8H,4-5H2,1-3H3,(H,17,18). The molecule has 0 bridgehead atoms. The number of rotatable bonds is 5. The number of carboxylic acids is 1. The van der Waals surface area contributed by atoms with Crippen LogP contribution in [0.25, 0.3) is 11.3 Å². The molecule has 0 aliphatic heterocycles. The van der Waals surface area contributed by atoms with Crippen molar-refractivity contribution in [3.63, 3.8) is 0 Å². The number of ether oxygens (including phenoxy) is 1. The van der Waals surface area contributed by atoms with Gasteiger partial charge in [0.15, 0.2) is 0 Å². The quantitative estimate of drug-likeness (QED) is 0.906. The van der Waals surface area contributed by atoms with E-state index in [4.69, 9.17) is 14.4 Å². The van der Waals surface area contributed by atoms with Crippen molar-refractivity contribution in [2.24, 2.45) is 0 Å². The zero-order chi connectivity index (χ0) is 14.7. The second-order valence-corrected chi connectivity index (χ2v) is 4.43. The Labute approximate surface area is 117 Å². The summed E-state index contributed by atoms with van der Waals surface area (Å²) in [5.41, 5.74) is 2.94. The van der Waals surface area contributed by atoms with Crippen LogP contribution >= 0.6 is 0 Å². The lowest BCUT2D eigenvalue weighted by Gasteiger charge is -2.10. The van der Waals surface area contributed by atoms with Gasteiger partial charge in [-0.25, -0.2) is 4.79 Å². The number of hydrogen-bond acceptors (Lipinski definition) is 4. The van der Waals surface area contributed by atoms with Crippen molar-refractivity contribution in [1.82, 2.24) is 5.16 Å². The van der Waals surface area contributed by atoms with Crippen LogP contribution < -0.4 is 4.74 Å². The molecule has 0 aliphatic rings. The van der Waals surface area contributed by atoms with E-state index in [1.165, 1.54) is 0 Å². The Bertz CT molecular complexity index is 631. The molecule has 2 aromatic rings. The number of aromatic nitrogens is 1. The molecule has 5 nitrogen and oxygen atoms in total. The minimum atomic E-state index is -1.11. The summed E-state index contributed by atoms with van der Waals surface area (Å²) in [6, 6.07) is 5.73. The molecule has 1 aromatic carbocycles. The maximum Gasteiger partial charge on any atom is 0.375 e. The second kappa shape index (κ2) is 5.77. The minimum absolute atomic E-state index is 0.105. The largest absolute Gasteiger partial charge is 0.493 e. The Balaban J connectivity index is 2.61. The third-order valence-electron chi connectivity index (χ3n) is 3.03. The second-order valence-electron chi connectivity index (χ2n) is 4.43. The molecular formula is C15H17NO4. The van der Waals surface area contributed by atoms with Gasteiger partial charge in [-0.2, -0.15) is 0 Å². The molecule has 0 radical (unpaired) electrons. The zero-order valence-corrected chi connectivity index (χ0v) is 11.8. The first-order valence-electron chi connectivity index (χ1n) is 6.54. The van der Waals surface area contributed by atoms with Crippen molar-refractivity contribution < 1.29 is 19.2 Å². The van der Waals surface area contributed by atoms with E-state index >= 15 is 0 Å². The van der Waals surface area contributed by atoms with E-state index in [1.807, 2.05) is 39.0 Å². The predicted octanol–water partition coefficient (Wildman–Crippen LogP) is 3.31. The zero-order valence-electron chi connectivity index (χ0n) is 11.8. The van der Waals surface area contributed by atoms with Crippen molar-refractivity contribution in [1.29, 1.82) is 0 Å². The maximum atomic E-state index is 11.1. The molecule has 106 valence electrons. The molecular weight excluding hydrogens is 258 g/mol. The van der Waals surface area contributed by atoms with E-state index in [-0.39, 0.29) is 5.76 Å². The molecule has 1 heterocycles. The molecule has 2 rings (SSSR count). The van der Waals surface area contributed by atoms with Crippen LogP contribution in [0.5, 0.6) is 5.75 Å². The van der Waals surface area contributed by atoms with Crippen molar-refractivity contribution in [3.05, 3.63) is 35.1 Å². The summed E-state index contributed by atoms with van der Waals surface area (Å²) in [6.45, 7) is 6.26. The molecule has 0 spiro atoms. The molecule has 0 saturated heterocycles. The average Bonchev–Trinajstić information content (AvgIpc) is 2.84. The normalized spacial score (nSPS) is 10.6. The lowest BCUT2D eigenvalue weighted by Crippen LogP contribution is -2.00. The number of nitrogens with zero attached hydrogens (tertiary/aromatic N) is 1. The van der Waals surface area contributed by atoms with Gasteiger partial charge in [0.25, 0.3) is 0 Å². The summed E-state index contributed by atoms with van der Waals surface area (Å²) in [5, 5.41) is 13.0. The van der Waals surface area contributed by atoms with Crippen molar-refractivity contribution in [2.75, 3.05) is 6.61 Å². The van der Waals surface area contributed by atoms with Gasteiger partial charge in [-0.15, -0.1) is 0 Å². The molecule has 0 saturated carbocycles. The lowest BCUT2D eigenvalue weighted by molar-refractivity contribution is 0.0650. The summed E-state index contributed by atoms with van der Waals surface area (Å²) in [4.78, 5) is 11.1. The number of aromatic carboxylic acids is 1. The average molecular weight is 275 g/mol. The first-order valence-corrected chi connectivity index (χ1v) is 6.54. The summed E-state index contributed by atoms with van der Waals surface area (Å²) >= 11 is 0. The molecule has 0 amide bonds. The highest BCUT2D eigenvalue weighted by Gasteiger charge is 2.23. The van der Waals surface area contributed by atoms with Gasteiger partial charge >= 0.3 is 5.97 Å². The van der Waals surface area contributed by atoms with Gasteiger partial charge in [-0.05, 0) is 32.4 Å². The van der Waals surface area contributed by atoms with E-state index in [2.05, 4.69) is 5.16 Å². The van der Waals surface area contributed by atoms with E-state index in [0.29, 0.717) is 30.0 Å². The first kappa shape index (κ1) is 14.1. The van der Waals surface area contributed by atoms with Crippen LogP contribution in [0.2, 0.25) is 0 Å². The van der Waals surface area contributed by atoms with E-state index in [9.17, 15) is 4.79 Å². The van der Waals surface area contributed by atoms with Crippen molar-refractivity contribution in [3.8, 4) is 17.0 Å². The van der Waals surface area contributed by atoms with Gasteiger partial charge in [0.05, 0.1) is 6.61 Å². The van der Waals surface area contributed by atoms with Crippen molar-refractivity contribution >= 4 is 5.97 Å². The molecule has 0 unspecified atom stereocenters. The Kier molecular flexibility index (Phi) is 4.08. The number of carboxylic acid groups (broad SMARTS) is 1. The highest BCUT2D eigenvalue weighted by molar-refractivity contribution is 5.89. The van der Waals surface area contributed by atoms with Gasteiger partial charge in [0.1, 0.15) is 11.4 Å². The Morgan fingerprint density at radius 2 is 2.15 bits per heavy atom. The monoisotopic (exact) mass is 275 g/mol. The van der Waals surface area contributed by atoms with Crippen LogP contribution in [0.15, 0.2) is 22.7 Å². The van der Waals surface area contributed by atoms with Gasteiger partial charge in [0.2, 0.25) is 5.76 Å². The smallest absolute Gasteiger partial charge is 0.375 e. The number of hydrogen-bond donors (Lipinski definition) is 1. The fourth-order valence-corrected chi connectivity index (χ4v) is 2.13.